The van der Waals surface area contributed by atoms with Crippen LogP contribution in [0.25, 0.3) is 10.9 Å². The van der Waals surface area contributed by atoms with Gasteiger partial charge in [0.05, 0.1) is 13.0 Å². The minimum atomic E-state index is -0.388. The molecule has 0 radical (unpaired) electrons. The molecule has 0 unspecified atom stereocenters. The zero-order valence-corrected chi connectivity index (χ0v) is 11.8. The number of H-pyrrole nitrogens is 1. The molecule has 2 atom stereocenters. The number of nitrogens with one attached hydrogen (secondary N) is 1. The Morgan fingerprint density at radius 3 is 2.62 bits per heavy atom. The smallest absolute Gasteiger partial charge is 0.309 e. The molecule has 0 amide bonds. The van der Waals surface area contributed by atoms with Gasteiger partial charge in [-0.25, -0.2) is 0 Å². The molecule has 1 heterocycles. The van der Waals surface area contributed by atoms with Gasteiger partial charge in [0.25, 0.3) is 0 Å². The van der Waals surface area contributed by atoms with E-state index >= 15 is 0 Å². The standard InChI is InChI=1S/C17H17NO3/c1-21-17(20)13-8-3-2-7-12(13)16(19)14-10-18-15-9-5-4-6-11(14)15/h2-6,9-10,12-13,18H,7-8H2,1H3/t12-,13-/m0/s1. The van der Waals surface area contributed by atoms with Gasteiger partial charge in [-0.15, -0.1) is 0 Å². The number of benzene rings is 1. The van der Waals surface area contributed by atoms with Gasteiger partial charge in [-0.1, -0.05) is 30.4 Å². The summed E-state index contributed by atoms with van der Waals surface area (Å²) in [5, 5.41) is 0.903. The van der Waals surface area contributed by atoms with Crippen LogP contribution < -0.4 is 0 Å². The van der Waals surface area contributed by atoms with E-state index in [4.69, 9.17) is 4.74 Å². The number of fused-ring (bicyclic) bond motifs is 1. The molecule has 3 rings (SSSR count). The predicted octanol–water partition coefficient (Wildman–Crippen LogP) is 3.11. The highest BCUT2D eigenvalue weighted by molar-refractivity contribution is 6.10. The van der Waals surface area contributed by atoms with Gasteiger partial charge in [0.2, 0.25) is 0 Å². The quantitative estimate of drug-likeness (QED) is 0.535. The van der Waals surface area contributed by atoms with E-state index in [2.05, 4.69) is 4.98 Å². The number of carbonyl (C=O) groups is 2. The van der Waals surface area contributed by atoms with Gasteiger partial charge in [-0.2, -0.15) is 0 Å². The molecular weight excluding hydrogens is 266 g/mol. The van der Waals surface area contributed by atoms with Crippen LogP contribution in [-0.4, -0.2) is 23.8 Å². The molecule has 1 aromatic carbocycles. The minimum Gasteiger partial charge on any atom is -0.469 e. The first kappa shape index (κ1) is 13.6. The summed E-state index contributed by atoms with van der Waals surface area (Å²) in [6.45, 7) is 0. The molecule has 108 valence electrons. The summed E-state index contributed by atoms with van der Waals surface area (Å²) in [6.07, 6.45) is 6.79. The highest BCUT2D eigenvalue weighted by Crippen LogP contribution is 2.31. The third-order valence-electron chi connectivity index (χ3n) is 4.13. The number of methoxy groups -OCH3 is 1. The van der Waals surface area contributed by atoms with Gasteiger partial charge in [0.1, 0.15) is 0 Å². The largest absolute Gasteiger partial charge is 0.469 e. The number of aromatic nitrogens is 1. The number of aromatic amines is 1. The number of Topliss-reactive ketones (excluding diaryl/α,β-unsaturated/α-hetero) is 1. The Morgan fingerprint density at radius 2 is 1.86 bits per heavy atom. The number of allylic oxidation sites excluding steroid dienone is 2. The molecule has 2 aromatic rings. The maximum atomic E-state index is 12.8. The van der Waals surface area contributed by atoms with Crippen molar-refractivity contribution in [2.45, 2.75) is 12.8 Å². The first-order valence-corrected chi connectivity index (χ1v) is 7.05. The van der Waals surface area contributed by atoms with Crippen LogP contribution in [0.1, 0.15) is 23.2 Å². The first-order chi connectivity index (χ1) is 10.2. The van der Waals surface area contributed by atoms with Crippen molar-refractivity contribution in [1.82, 2.24) is 4.98 Å². The Labute approximate surface area is 122 Å². The summed E-state index contributed by atoms with van der Waals surface area (Å²) in [5.41, 5.74) is 1.58. The topological polar surface area (TPSA) is 59.2 Å². The third kappa shape index (κ3) is 2.37. The van der Waals surface area contributed by atoms with Crippen LogP contribution in [0.4, 0.5) is 0 Å². The number of ketones is 1. The molecule has 4 heteroatoms. The molecule has 1 N–H and O–H groups in total. The lowest BCUT2D eigenvalue weighted by atomic mass is 9.78. The highest BCUT2D eigenvalue weighted by Gasteiger charge is 2.35. The summed E-state index contributed by atoms with van der Waals surface area (Å²) in [7, 11) is 1.37. The molecule has 0 spiro atoms. The zero-order chi connectivity index (χ0) is 14.8. The lowest BCUT2D eigenvalue weighted by molar-refractivity contribution is -0.146. The van der Waals surface area contributed by atoms with Crippen LogP contribution >= 0.6 is 0 Å². The number of hydrogen-bond donors (Lipinski definition) is 1. The van der Waals surface area contributed by atoms with Crippen LogP contribution in [0.3, 0.4) is 0 Å². The van der Waals surface area contributed by atoms with Gasteiger partial charge in [-0.3, -0.25) is 9.59 Å². The maximum Gasteiger partial charge on any atom is 0.309 e. The molecule has 0 saturated heterocycles. The average molecular weight is 283 g/mol. The lowest BCUT2D eigenvalue weighted by Gasteiger charge is -2.25. The number of para-hydroxylation sites is 1. The monoisotopic (exact) mass is 283 g/mol. The molecule has 1 aromatic heterocycles. The van der Waals surface area contributed by atoms with Crippen molar-refractivity contribution in [2.24, 2.45) is 11.8 Å². The first-order valence-electron chi connectivity index (χ1n) is 7.05. The Hall–Kier alpha value is -2.36. The van der Waals surface area contributed by atoms with E-state index in [1.54, 1.807) is 6.20 Å². The Balaban J connectivity index is 1.96. The molecule has 1 aliphatic rings. The third-order valence-corrected chi connectivity index (χ3v) is 4.13. The van der Waals surface area contributed by atoms with Crippen molar-refractivity contribution in [3.05, 3.63) is 48.2 Å². The SMILES string of the molecule is COC(=O)[C@H]1CC=CC[C@@H]1C(=O)c1c[nH]c2ccccc12. The van der Waals surface area contributed by atoms with Gasteiger partial charge < -0.3 is 9.72 Å². The zero-order valence-electron chi connectivity index (χ0n) is 11.8. The van der Waals surface area contributed by atoms with Crippen LogP contribution in [0.15, 0.2) is 42.6 Å². The van der Waals surface area contributed by atoms with Gasteiger partial charge in [-0.05, 0) is 18.9 Å². The summed E-state index contributed by atoms with van der Waals surface area (Å²) < 4.78 is 4.84. The molecule has 0 saturated carbocycles. The van der Waals surface area contributed by atoms with Crippen molar-refractivity contribution >= 4 is 22.7 Å². The molecule has 0 fully saturated rings. The Bertz CT molecular complexity index is 714. The molecule has 1 aliphatic carbocycles. The average Bonchev–Trinajstić information content (AvgIpc) is 2.97. The van der Waals surface area contributed by atoms with Crippen LogP contribution in [-0.2, 0) is 9.53 Å². The molecule has 0 aliphatic heterocycles. The summed E-state index contributed by atoms with van der Waals surface area (Å²) in [6, 6.07) is 7.69. The van der Waals surface area contributed by atoms with Crippen molar-refractivity contribution < 1.29 is 14.3 Å². The fourth-order valence-corrected chi connectivity index (χ4v) is 2.99. The number of carbonyl (C=O) groups excluding carboxylic acids is 2. The van der Waals surface area contributed by atoms with E-state index in [0.717, 1.165) is 10.9 Å². The molecule has 4 nitrogen and oxygen atoms in total. The van der Waals surface area contributed by atoms with E-state index in [0.29, 0.717) is 18.4 Å². The fraction of sp³-hybridized carbons (Fsp3) is 0.294. The van der Waals surface area contributed by atoms with Crippen LogP contribution in [0, 0.1) is 11.8 Å². The van der Waals surface area contributed by atoms with Crippen LogP contribution in [0.5, 0.6) is 0 Å². The van der Waals surface area contributed by atoms with Crippen molar-refractivity contribution in [3.8, 4) is 0 Å². The van der Waals surface area contributed by atoms with E-state index in [1.165, 1.54) is 7.11 Å². The summed E-state index contributed by atoms with van der Waals surface area (Å²) in [4.78, 5) is 27.9. The second-order valence-electron chi connectivity index (χ2n) is 5.29. The van der Waals surface area contributed by atoms with E-state index < -0.39 is 0 Å². The molecular formula is C17H17NO3. The highest BCUT2D eigenvalue weighted by atomic mass is 16.5. The number of hydrogen-bond acceptors (Lipinski definition) is 3. The van der Waals surface area contributed by atoms with Crippen LogP contribution in [0.2, 0.25) is 0 Å². The number of rotatable bonds is 3. The van der Waals surface area contributed by atoms with E-state index in [-0.39, 0.29) is 23.6 Å². The summed E-state index contributed by atoms with van der Waals surface area (Å²) >= 11 is 0. The normalized spacial score (nSPS) is 21.4. The van der Waals surface area contributed by atoms with E-state index in [9.17, 15) is 9.59 Å². The minimum absolute atomic E-state index is 0.00667. The van der Waals surface area contributed by atoms with Crippen molar-refractivity contribution in [3.63, 3.8) is 0 Å². The second-order valence-corrected chi connectivity index (χ2v) is 5.29. The van der Waals surface area contributed by atoms with Gasteiger partial charge in [0.15, 0.2) is 5.78 Å². The summed E-state index contributed by atoms with van der Waals surface area (Å²) in [5.74, 6) is -1.03. The predicted molar refractivity (Wildman–Crippen MR) is 80.0 cm³/mol. The second kappa shape index (κ2) is 5.56. The lowest BCUT2D eigenvalue weighted by Crippen LogP contribution is -2.32. The van der Waals surface area contributed by atoms with Gasteiger partial charge in [0, 0.05) is 28.6 Å². The maximum absolute atomic E-state index is 12.8. The Morgan fingerprint density at radius 1 is 1.14 bits per heavy atom. The van der Waals surface area contributed by atoms with Crippen molar-refractivity contribution in [2.75, 3.05) is 7.11 Å². The fourth-order valence-electron chi connectivity index (χ4n) is 2.99. The Kier molecular flexibility index (Phi) is 3.60. The van der Waals surface area contributed by atoms with Crippen molar-refractivity contribution in [1.29, 1.82) is 0 Å². The van der Waals surface area contributed by atoms with E-state index in [1.807, 2.05) is 36.4 Å². The molecule has 21 heavy (non-hydrogen) atoms. The molecule has 0 bridgehead atoms. The van der Waals surface area contributed by atoms with Gasteiger partial charge >= 0.3 is 5.97 Å². The number of esters is 1. The number of ether oxygens (including phenoxy) is 1.